The number of hydrogen-bond acceptors (Lipinski definition) is 4. The monoisotopic (exact) mass is 355 g/mol. The molecule has 2 rings (SSSR count). The highest BCUT2D eigenvalue weighted by molar-refractivity contribution is 5.94. The summed E-state index contributed by atoms with van der Waals surface area (Å²) in [5, 5.41) is 18.9. The van der Waals surface area contributed by atoms with E-state index in [1.54, 1.807) is 48.5 Å². The van der Waals surface area contributed by atoms with Gasteiger partial charge in [0.1, 0.15) is 11.6 Å². The van der Waals surface area contributed by atoms with Gasteiger partial charge in [-0.15, -0.1) is 0 Å². The lowest BCUT2D eigenvalue weighted by molar-refractivity contribution is -0.149. The molecule has 1 amide bonds. The van der Waals surface area contributed by atoms with Crippen LogP contribution in [0.15, 0.2) is 48.5 Å². The average Bonchev–Trinajstić information content (AvgIpc) is 2.61. The maximum atomic E-state index is 12.0. The Balaban J connectivity index is 1.89. The van der Waals surface area contributed by atoms with Crippen LogP contribution < -0.4 is 15.8 Å². The summed E-state index contributed by atoms with van der Waals surface area (Å²) in [6, 6.07) is 13.8. The van der Waals surface area contributed by atoms with Crippen molar-refractivity contribution in [3.63, 3.8) is 0 Å². The van der Waals surface area contributed by atoms with Crippen molar-refractivity contribution in [3.05, 3.63) is 65.2 Å². The zero-order chi connectivity index (χ0) is 19.1. The minimum atomic E-state index is -1.45. The van der Waals surface area contributed by atoms with Crippen molar-refractivity contribution in [2.75, 3.05) is 0 Å². The smallest absolute Gasteiger partial charge is 0.366 e. The zero-order valence-electron chi connectivity index (χ0n) is 14.4. The number of nitrogens with two attached hydrogens (primary N) is 1. The number of rotatable bonds is 8. The quantitative estimate of drug-likeness (QED) is 0.326. The fraction of sp³-hybridized carbons (Fsp3) is 0.211. The molecular formula is C19H21N3O4. The van der Waals surface area contributed by atoms with E-state index >= 15 is 0 Å². The largest absolute Gasteiger partial charge is 0.477 e. The third-order valence-electron chi connectivity index (χ3n) is 3.70. The van der Waals surface area contributed by atoms with Gasteiger partial charge in [-0.2, -0.15) is 0 Å². The number of carboxylic acids is 1. The Morgan fingerprint density at radius 2 is 1.77 bits per heavy atom. The number of ether oxygens (including phenoxy) is 1. The number of carbonyl (C=O) groups is 2. The Hall–Kier alpha value is -3.35. The van der Waals surface area contributed by atoms with Crippen LogP contribution in [0.1, 0.15) is 23.1 Å². The fourth-order valence-electron chi connectivity index (χ4n) is 2.22. The first-order valence-corrected chi connectivity index (χ1v) is 8.04. The van der Waals surface area contributed by atoms with Crippen LogP contribution in [0.3, 0.4) is 0 Å². The number of carbonyl (C=O) groups excluding carboxylic acids is 1. The molecule has 0 saturated carbocycles. The molecule has 5 N–H and O–H groups in total. The molecular weight excluding hydrogens is 334 g/mol. The van der Waals surface area contributed by atoms with Gasteiger partial charge in [-0.25, -0.2) is 4.79 Å². The van der Waals surface area contributed by atoms with Crippen LogP contribution >= 0.6 is 0 Å². The lowest BCUT2D eigenvalue weighted by Crippen LogP contribution is -2.45. The summed E-state index contributed by atoms with van der Waals surface area (Å²) < 4.78 is 5.33. The summed E-state index contributed by atoms with van der Waals surface area (Å²) in [5.41, 5.74) is 7.90. The van der Waals surface area contributed by atoms with E-state index in [2.05, 4.69) is 5.32 Å². The molecule has 0 saturated heterocycles. The number of aliphatic carboxylic acids is 1. The summed E-state index contributed by atoms with van der Waals surface area (Å²) in [7, 11) is 0. The third-order valence-corrected chi connectivity index (χ3v) is 3.70. The standard InChI is InChI=1S/C19H21N3O4/c1-12-2-9-15(10-3-12)26-18(19(24)25)22-16(23)11-6-13-4-7-14(8-5-13)17(20)21/h2-5,7-10,18H,6,11H2,1H3,(H3,20,21)(H,22,23)(H,24,25). The van der Waals surface area contributed by atoms with E-state index in [0.29, 0.717) is 17.7 Å². The minimum Gasteiger partial charge on any atom is -0.477 e. The Bertz CT molecular complexity index is 785. The molecule has 0 aromatic heterocycles. The van der Waals surface area contributed by atoms with Crippen molar-refractivity contribution in [1.29, 1.82) is 5.41 Å². The number of benzene rings is 2. The van der Waals surface area contributed by atoms with Gasteiger partial charge in [0.05, 0.1) is 0 Å². The van der Waals surface area contributed by atoms with Gasteiger partial charge >= 0.3 is 5.97 Å². The van der Waals surface area contributed by atoms with Gasteiger partial charge < -0.3 is 20.9 Å². The molecule has 1 unspecified atom stereocenters. The molecule has 0 aliphatic rings. The van der Waals surface area contributed by atoms with Gasteiger partial charge in [0.15, 0.2) is 0 Å². The first-order valence-electron chi connectivity index (χ1n) is 8.04. The highest BCUT2D eigenvalue weighted by atomic mass is 16.5. The number of carboxylic acid groups (broad SMARTS) is 1. The van der Waals surface area contributed by atoms with E-state index in [1.165, 1.54) is 0 Å². The normalized spacial score (nSPS) is 11.4. The molecule has 0 fully saturated rings. The molecule has 0 bridgehead atoms. The topological polar surface area (TPSA) is 126 Å². The lowest BCUT2D eigenvalue weighted by Gasteiger charge is -2.16. The van der Waals surface area contributed by atoms with Crippen molar-refractivity contribution < 1.29 is 19.4 Å². The lowest BCUT2D eigenvalue weighted by atomic mass is 10.1. The Morgan fingerprint density at radius 1 is 1.15 bits per heavy atom. The first kappa shape index (κ1) is 19.0. The molecule has 0 aliphatic heterocycles. The third kappa shape index (κ3) is 5.62. The summed E-state index contributed by atoms with van der Waals surface area (Å²) in [6.45, 7) is 1.91. The number of hydrogen-bond donors (Lipinski definition) is 4. The Labute approximate surface area is 151 Å². The van der Waals surface area contributed by atoms with Crippen molar-refractivity contribution in [3.8, 4) is 5.75 Å². The molecule has 0 spiro atoms. The van der Waals surface area contributed by atoms with Crippen molar-refractivity contribution in [1.82, 2.24) is 5.32 Å². The second-order valence-corrected chi connectivity index (χ2v) is 5.83. The summed E-state index contributed by atoms with van der Waals surface area (Å²) in [5.74, 6) is -1.36. The number of amides is 1. The maximum absolute atomic E-state index is 12.0. The molecule has 7 heteroatoms. The molecule has 2 aromatic rings. The Morgan fingerprint density at radius 3 is 2.31 bits per heavy atom. The summed E-state index contributed by atoms with van der Waals surface area (Å²) in [6.07, 6.45) is -0.910. The predicted octanol–water partition coefficient (Wildman–Crippen LogP) is 1.82. The molecule has 26 heavy (non-hydrogen) atoms. The van der Waals surface area contributed by atoms with Crippen LogP contribution in [0.5, 0.6) is 5.75 Å². The SMILES string of the molecule is Cc1ccc(OC(NC(=O)CCc2ccc(C(=N)N)cc2)C(=O)O)cc1. The molecule has 136 valence electrons. The summed E-state index contributed by atoms with van der Waals surface area (Å²) in [4.78, 5) is 23.4. The fourth-order valence-corrected chi connectivity index (χ4v) is 2.22. The van der Waals surface area contributed by atoms with E-state index < -0.39 is 18.1 Å². The second-order valence-electron chi connectivity index (χ2n) is 5.83. The van der Waals surface area contributed by atoms with E-state index in [0.717, 1.165) is 11.1 Å². The van der Waals surface area contributed by atoms with Crippen LogP contribution in [0.4, 0.5) is 0 Å². The molecule has 0 heterocycles. The molecule has 7 nitrogen and oxygen atoms in total. The van der Waals surface area contributed by atoms with E-state index in [4.69, 9.17) is 15.9 Å². The van der Waals surface area contributed by atoms with Gasteiger partial charge in [0, 0.05) is 12.0 Å². The van der Waals surface area contributed by atoms with Crippen LogP contribution in [-0.4, -0.2) is 29.0 Å². The number of amidine groups is 1. The Kier molecular flexibility index (Phi) is 6.32. The average molecular weight is 355 g/mol. The molecule has 0 aliphatic carbocycles. The highest BCUT2D eigenvalue weighted by Gasteiger charge is 2.21. The number of nitrogen functional groups attached to an aromatic ring is 1. The van der Waals surface area contributed by atoms with Gasteiger partial charge in [0.25, 0.3) is 6.23 Å². The summed E-state index contributed by atoms with van der Waals surface area (Å²) >= 11 is 0. The number of nitrogens with one attached hydrogen (secondary N) is 2. The highest BCUT2D eigenvalue weighted by Crippen LogP contribution is 2.13. The zero-order valence-corrected chi connectivity index (χ0v) is 14.4. The van der Waals surface area contributed by atoms with Gasteiger partial charge in [0.2, 0.25) is 5.91 Å². The molecule has 1 atom stereocenters. The van der Waals surface area contributed by atoms with Gasteiger partial charge in [-0.1, -0.05) is 42.0 Å². The van der Waals surface area contributed by atoms with E-state index in [1.807, 2.05) is 6.92 Å². The first-order chi connectivity index (χ1) is 12.3. The second kappa shape index (κ2) is 8.66. The molecule has 0 radical (unpaired) electrons. The van der Waals surface area contributed by atoms with Crippen molar-refractivity contribution >= 4 is 17.7 Å². The van der Waals surface area contributed by atoms with Crippen LogP contribution in [0.25, 0.3) is 0 Å². The number of aryl methyl sites for hydroxylation is 2. The van der Waals surface area contributed by atoms with Crippen LogP contribution in [0, 0.1) is 12.3 Å². The predicted molar refractivity (Wildman–Crippen MR) is 97.2 cm³/mol. The van der Waals surface area contributed by atoms with E-state index in [9.17, 15) is 14.7 Å². The van der Waals surface area contributed by atoms with Gasteiger partial charge in [-0.3, -0.25) is 10.2 Å². The molecule has 2 aromatic carbocycles. The van der Waals surface area contributed by atoms with Crippen molar-refractivity contribution in [2.45, 2.75) is 26.0 Å². The van der Waals surface area contributed by atoms with Crippen LogP contribution in [0.2, 0.25) is 0 Å². The van der Waals surface area contributed by atoms with Gasteiger partial charge in [-0.05, 0) is 31.0 Å². The van der Waals surface area contributed by atoms with E-state index in [-0.39, 0.29) is 12.3 Å². The maximum Gasteiger partial charge on any atom is 0.366 e. The van der Waals surface area contributed by atoms with Crippen LogP contribution in [-0.2, 0) is 16.0 Å². The minimum absolute atomic E-state index is 0.0214. The van der Waals surface area contributed by atoms with Crippen molar-refractivity contribution in [2.24, 2.45) is 5.73 Å².